The summed E-state index contributed by atoms with van der Waals surface area (Å²) in [6.07, 6.45) is 3.25. The van der Waals surface area contributed by atoms with Gasteiger partial charge in [-0.2, -0.15) is 11.8 Å². The molecule has 0 unspecified atom stereocenters. The quantitative estimate of drug-likeness (QED) is 0.572. The van der Waals surface area contributed by atoms with Crippen molar-refractivity contribution in [1.82, 2.24) is 10.2 Å². The van der Waals surface area contributed by atoms with Crippen molar-refractivity contribution >= 4 is 45.3 Å². The number of aromatic nitrogens is 2. The number of hydrogen-bond acceptors (Lipinski definition) is 6. The maximum atomic E-state index is 11.8. The van der Waals surface area contributed by atoms with Crippen molar-refractivity contribution in [2.75, 3.05) is 28.7 Å². The number of nitrogens with one attached hydrogen (secondary N) is 2. The monoisotopic (exact) mass is 334 g/mol. The van der Waals surface area contributed by atoms with Crippen molar-refractivity contribution in [3.8, 4) is 0 Å². The molecule has 2 N–H and O–H groups in total. The van der Waals surface area contributed by atoms with E-state index in [9.17, 15) is 4.79 Å². The van der Waals surface area contributed by atoms with Crippen LogP contribution in [0, 0.1) is 0 Å². The van der Waals surface area contributed by atoms with E-state index < -0.39 is 0 Å². The van der Waals surface area contributed by atoms with E-state index in [4.69, 9.17) is 0 Å². The van der Waals surface area contributed by atoms with Gasteiger partial charge in [0.05, 0.1) is 0 Å². The highest BCUT2D eigenvalue weighted by molar-refractivity contribution is 7.99. The molecule has 0 bridgehead atoms. The van der Waals surface area contributed by atoms with Gasteiger partial charge in [0.25, 0.3) is 0 Å². The first kappa shape index (κ1) is 16.5. The zero-order chi connectivity index (χ0) is 15.6. The highest BCUT2D eigenvalue weighted by Gasteiger charge is 2.05. The number of amides is 1. The molecule has 1 aromatic carbocycles. The fourth-order valence-corrected chi connectivity index (χ4v) is 2.81. The molecule has 0 aliphatic carbocycles. The van der Waals surface area contributed by atoms with Crippen LogP contribution < -0.4 is 10.6 Å². The molecule has 1 aromatic heterocycles. The Morgan fingerprint density at radius 2 is 2.05 bits per heavy atom. The van der Waals surface area contributed by atoms with Crippen LogP contribution in [0.4, 0.5) is 10.3 Å². The molecule has 1 amide bonds. The average molecular weight is 334 g/mol. The first-order chi connectivity index (χ1) is 10.8. The van der Waals surface area contributed by atoms with Gasteiger partial charge in [0, 0.05) is 18.4 Å². The molecule has 0 atom stereocenters. The topological polar surface area (TPSA) is 66.9 Å². The summed E-state index contributed by atoms with van der Waals surface area (Å²) in [6, 6.07) is 9.66. The highest BCUT2D eigenvalue weighted by atomic mass is 32.2. The number of anilines is 2. The highest BCUT2D eigenvalue weighted by Crippen LogP contribution is 2.19. The molecular formula is C15H18N4OS2. The second kappa shape index (κ2) is 9.22. The molecule has 1 heterocycles. The number of carbonyl (C=O) groups is 1. The molecule has 116 valence electrons. The minimum atomic E-state index is -0.215. The maximum absolute atomic E-state index is 11.8. The number of hydrogen-bond donors (Lipinski definition) is 2. The van der Waals surface area contributed by atoms with Gasteiger partial charge in [-0.25, -0.2) is 0 Å². The van der Waals surface area contributed by atoms with Gasteiger partial charge in [0.15, 0.2) is 0 Å². The lowest BCUT2D eigenvalue weighted by Crippen LogP contribution is -2.07. The fourth-order valence-electron chi connectivity index (χ4n) is 1.60. The number of nitrogens with zero attached hydrogens (tertiary/aromatic N) is 2. The molecule has 0 saturated carbocycles. The largest absolute Gasteiger partial charge is 0.359 e. The van der Waals surface area contributed by atoms with E-state index >= 15 is 0 Å². The zero-order valence-corrected chi connectivity index (χ0v) is 13.9. The SMILES string of the molecule is CCSCCNc1nnc(NC(=O)C=Cc2ccccc2)s1. The van der Waals surface area contributed by atoms with Gasteiger partial charge in [-0.15, -0.1) is 10.2 Å². The predicted molar refractivity (Wildman–Crippen MR) is 95.5 cm³/mol. The van der Waals surface area contributed by atoms with Crippen molar-refractivity contribution in [3.05, 3.63) is 42.0 Å². The first-order valence-corrected chi connectivity index (χ1v) is 8.94. The second-order valence-corrected chi connectivity index (χ2v) is 6.64. The molecular weight excluding hydrogens is 316 g/mol. The average Bonchev–Trinajstić information content (AvgIpc) is 2.98. The summed E-state index contributed by atoms with van der Waals surface area (Å²) in [5, 5.41) is 15.0. The summed E-state index contributed by atoms with van der Waals surface area (Å²) in [6.45, 7) is 2.97. The Morgan fingerprint density at radius 1 is 1.27 bits per heavy atom. The standard InChI is InChI=1S/C15H18N4OS2/c1-2-21-11-10-16-14-18-19-15(22-14)17-13(20)9-8-12-6-4-3-5-7-12/h3-9H,2,10-11H2,1H3,(H,16,18)(H,17,19,20). The van der Waals surface area contributed by atoms with E-state index in [1.165, 1.54) is 17.4 Å². The number of thioether (sulfide) groups is 1. The van der Waals surface area contributed by atoms with Gasteiger partial charge in [0.2, 0.25) is 16.2 Å². The van der Waals surface area contributed by atoms with Crippen LogP contribution in [0.5, 0.6) is 0 Å². The summed E-state index contributed by atoms with van der Waals surface area (Å²) in [4.78, 5) is 11.8. The Balaban J connectivity index is 1.79. The van der Waals surface area contributed by atoms with Crippen LogP contribution in [0.1, 0.15) is 12.5 Å². The lowest BCUT2D eigenvalue weighted by atomic mass is 10.2. The van der Waals surface area contributed by atoms with Crippen molar-refractivity contribution in [2.24, 2.45) is 0 Å². The minimum absolute atomic E-state index is 0.215. The van der Waals surface area contributed by atoms with Crippen molar-refractivity contribution in [2.45, 2.75) is 6.92 Å². The summed E-state index contributed by atoms with van der Waals surface area (Å²) in [5.41, 5.74) is 0.977. The third-order valence-corrected chi connectivity index (χ3v) is 4.31. The van der Waals surface area contributed by atoms with E-state index in [-0.39, 0.29) is 5.91 Å². The van der Waals surface area contributed by atoms with Crippen LogP contribution in [0.25, 0.3) is 6.08 Å². The van der Waals surface area contributed by atoms with E-state index in [0.717, 1.165) is 28.7 Å². The minimum Gasteiger partial charge on any atom is -0.359 e. The van der Waals surface area contributed by atoms with Crippen LogP contribution in [-0.2, 0) is 4.79 Å². The molecule has 0 aliphatic rings. The van der Waals surface area contributed by atoms with Gasteiger partial charge in [-0.3, -0.25) is 10.1 Å². The van der Waals surface area contributed by atoms with Crippen molar-refractivity contribution in [3.63, 3.8) is 0 Å². The Bertz CT molecular complexity index is 613. The summed E-state index contributed by atoms with van der Waals surface area (Å²) < 4.78 is 0. The summed E-state index contributed by atoms with van der Waals surface area (Å²) in [5.74, 6) is 1.91. The second-order valence-electron chi connectivity index (χ2n) is 4.27. The van der Waals surface area contributed by atoms with Crippen LogP contribution in [0.3, 0.4) is 0 Å². The first-order valence-electron chi connectivity index (χ1n) is 6.97. The van der Waals surface area contributed by atoms with Crippen LogP contribution in [-0.4, -0.2) is 34.2 Å². The van der Waals surface area contributed by atoms with E-state index in [0.29, 0.717) is 5.13 Å². The fraction of sp³-hybridized carbons (Fsp3) is 0.267. The molecule has 5 nitrogen and oxygen atoms in total. The van der Waals surface area contributed by atoms with E-state index in [2.05, 4.69) is 27.8 Å². The Hall–Kier alpha value is -1.86. The lowest BCUT2D eigenvalue weighted by Gasteiger charge is -1.99. The van der Waals surface area contributed by atoms with Crippen molar-refractivity contribution in [1.29, 1.82) is 0 Å². The third kappa shape index (κ3) is 5.87. The maximum Gasteiger partial charge on any atom is 0.250 e. The molecule has 2 aromatic rings. The van der Waals surface area contributed by atoms with E-state index in [1.807, 2.05) is 42.1 Å². The Labute approximate surface area is 138 Å². The molecule has 2 rings (SSSR count). The number of rotatable bonds is 8. The molecule has 0 saturated heterocycles. The molecule has 22 heavy (non-hydrogen) atoms. The smallest absolute Gasteiger partial charge is 0.250 e. The third-order valence-electron chi connectivity index (χ3n) is 2.61. The van der Waals surface area contributed by atoms with Gasteiger partial charge in [-0.1, -0.05) is 48.6 Å². The number of benzene rings is 1. The van der Waals surface area contributed by atoms with Gasteiger partial charge in [0.1, 0.15) is 0 Å². The number of carbonyl (C=O) groups excluding carboxylic acids is 1. The Kier molecular flexibility index (Phi) is 6.92. The molecule has 0 radical (unpaired) electrons. The van der Waals surface area contributed by atoms with Gasteiger partial charge < -0.3 is 5.32 Å². The molecule has 7 heteroatoms. The van der Waals surface area contributed by atoms with Gasteiger partial charge in [-0.05, 0) is 17.4 Å². The Morgan fingerprint density at radius 3 is 2.82 bits per heavy atom. The zero-order valence-electron chi connectivity index (χ0n) is 12.3. The molecule has 0 fully saturated rings. The lowest BCUT2D eigenvalue weighted by molar-refractivity contribution is -0.111. The van der Waals surface area contributed by atoms with Crippen LogP contribution in [0.15, 0.2) is 36.4 Å². The van der Waals surface area contributed by atoms with Crippen LogP contribution >= 0.6 is 23.1 Å². The van der Waals surface area contributed by atoms with Crippen molar-refractivity contribution < 1.29 is 4.79 Å². The summed E-state index contributed by atoms with van der Waals surface area (Å²) >= 11 is 3.20. The van der Waals surface area contributed by atoms with Crippen LogP contribution in [0.2, 0.25) is 0 Å². The predicted octanol–water partition coefficient (Wildman–Crippen LogP) is 3.36. The normalized spacial score (nSPS) is 10.8. The molecule has 0 spiro atoms. The molecule has 0 aliphatic heterocycles. The van der Waals surface area contributed by atoms with E-state index in [1.54, 1.807) is 6.08 Å². The van der Waals surface area contributed by atoms with Gasteiger partial charge >= 0.3 is 0 Å². The summed E-state index contributed by atoms with van der Waals surface area (Å²) in [7, 11) is 0.